The lowest BCUT2D eigenvalue weighted by molar-refractivity contribution is -0.135. The molecule has 1 rings (SSSR count). The molecule has 4 heteroatoms. The molecule has 0 aliphatic heterocycles. The third-order valence-corrected chi connectivity index (χ3v) is 2.39. The Labute approximate surface area is 93.8 Å². The van der Waals surface area contributed by atoms with E-state index in [0.29, 0.717) is 10.6 Å². The average molecular weight is 221 g/mol. The van der Waals surface area contributed by atoms with Gasteiger partial charge < -0.3 is 9.30 Å². The number of nitrogens with zero attached hydrogens (tertiary/aromatic N) is 1. The summed E-state index contributed by atoms with van der Waals surface area (Å²) < 4.78 is 6.20. The molecule has 1 heterocycles. The van der Waals surface area contributed by atoms with E-state index in [1.54, 1.807) is 6.20 Å². The van der Waals surface area contributed by atoms with Gasteiger partial charge in [-0.2, -0.15) is 0 Å². The van der Waals surface area contributed by atoms with Crippen LogP contribution in [-0.2, 0) is 16.1 Å². The first-order valence-electron chi connectivity index (χ1n) is 5.02. The van der Waals surface area contributed by atoms with Crippen molar-refractivity contribution in [2.24, 2.45) is 0 Å². The van der Waals surface area contributed by atoms with Crippen LogP contribution in [0.3, 0.4) is 0 Å². The number of aryl methyl sites for hydroxylation is 1. The summed E-state index contributed by atoms with van der Waals surface area (Å²) in [6, 6.07) is 0. The third-order valence-electron chi connectivity index (χ3n) is 2.39. The van der Waals surface area contributed by atoms with Crippen molar-refractivity contribution in [2.75, 3.05) is 7.11 Å². The molecule has 0 saturated heterocycles. The van der Waals surface area contributed by atoms with E-state index in [4.69, 9.17) is 0 Å². The van der Waals surface area contributed by atoms with Gasteiger partial charge in [0.2, 0.25) is 0 Å². The minimum atomic E-state index is -0.876. The normalized spacial score (nSPS) is 10.1. The zero-order valence-corrected chi connectivity index (χ0v) is 9.58. The second-order valence-corrected chi connectivity index (χ2v) is 3.48. The quantitative estimate of drug-likeness (QED) is 0.411. The van der Waals surface area contributed by atoms with Crippen molar-refractivity contribution in [3.8, 4) is 0 Å². The van der Waals surface area contributed by atoms with E-state index in [2.05, 4.69) is 17.9 Å². The average Bonchev–Trinajstić information content (AvgIpc) is 2.56. The van der Waals surface area contributed by atoms with Gasteiger partial charge in [0.1, 0.15) is 0 Å². The van der Waals surface area contributed by atoms with E-state index < -0.39 is 11.8 Å². The van der Waals surface area contributed by atoms with E-state index in [1.165, 1.54) is 7.11 Å². The Balaban J connectivity index is 3.22. The highest BCUT2D eigenvalue weighted by Gasteiger charge is 2.19. The van der Waals surface area contributed by atoms with Gasteiger partial charge in [-0.25, -0.2) is 4.79 Å². The Bertz CT molecular complexity index is 513. The maximum Gasteiger partial charge on any atom is 0.379 e. The SMILES string of the molecule is C=c1c(C(=O)C(=O)OC)cn(CCC)c1=C. The number of ether oxygens (including phenoxy) is 1. The van der Waals surface area contributed by atoms with E-state index in [9.17, 15) is 9.59 Å². The number of esters is 1. The van der Waals surface area contributed by atoms with Crippen molar-refractivity contribution in [3.63, 3.8) is 0 Å². The first-order chi connectivity index (χ1) is 7.52. The first-order valence-corrected chi connectivity index (χ1v) is 5.02. The predicted molar refractivity (Wildman–Crippen MR) is 61.4 cm³/mol. The fraction of sp³-hybridized carbons (Fsp3) is 0.333. The lowest BCUT2D eigenvalue weighted by atomic mass is 10.2. The van der Waals surface area contributed by atoms with E-state index >= 15 is 0 Å². The maximum absolute atomic E-state index is 11.6. The van der Waals surface area contributed by atoms with Gasteiger partial charge in [-0.15, -0.1) is 0 Å². The molecule has 0 unspecified atom stereocenters. The molecule has 0 bridgehead atoms. The van der Waals surface area contributed by atoms with E-state index in [-0.39, 0.29) is 5.56 Å². The molecule has 0 radical (unpaired) electrons. The van der Waals surface area contributed by atoms with Crippen LogP contribution in [0.15, 0.2) is 6.20 Å². The zero-order chi connectivity index (χ0) is 12.3. The second kappa shape index (κ2) is 4.79. The van der Waals surface area contributed by atoms with Crippen LogP contribution in [0.4, 0.5) is 0 Å². The smallest absolute Gasteiger partial charge is 0.379 e. The number of rotatable bonds is 4. The fourth-order valence-electron chi connectivity index (χ4n) is 1.48. The Morgan fingerprint density at radius 2 is 2.06 bits per heavy atom. The number of carbonyl (C=O) groups excluding carboxylic acids is 2. The molecule has 0 amide bonds. The van der Waals surface area contributed by atoms with Gasteiger partial charge in [-0.3, -0.25) is 4.79 Å². The van der Waals surface area contributed by atoms with Crippen molar-refractivity contribution >= 4 is 24.9 Å². The van der Waals surface area contributed by atoms with Gasteiger partial charge >= 0.3 is 5.97 Å². The van der Waals surface area contributed by atoms with Crippen molar-refractivity contribution < 1.29 is 14.3 Å². The number of aromatic nitrogens is 1. The molecule has 0 aromatic carbocycles. The molecule has 0 atom stereocenters. The van der Waals surface area contributed by atoms with Crippen molar-refractivity contribution in [3.05, 3.63) is 22.3 Å². The number of hydrogen-bond acceptors (Lipinski definition) is 3. The van der Waals surface area contributed by atoms with Gasteiger partial charge in [-0.1, -0.05) is 20.1 Å². The molecule has 0 saturated carbocycles. The summed E-state index contributed by atoms with van der Waals surface area (Å²) in [6.45, 7) is 10.3. The molecule has 16 heavy (non-hydrogen) atoms. The Kier molecular flexibility index (Phi) is 3.66. The Morgan fingerprint density at radius 1 is 1.44 bits per heavy atom. The number of methoxy groups -OCH3 is 1. The molecule has 0 aliphatic rings. The number of ketones is 1. The lowest BCUT2D eigenvalue weighted by Crippen LogP contribution is -2.30. The largest absolute Gasteiger partial charge is 0.463 e. The Morgan fingerprint density at radius 3 is 2.56 bits per heavy atom. The minimum absolute atomic E-state index is 0.269. The number of carbonyl (C=O) groups is 2. The van der Waals surface area contributed by atoms with Gasteiger partial charge in [0.25, 0.3) is 5.78 Å². The number of Topliss-reactive ketones (excluding diaryl/α,β-unsaturated/α-hetero) is 1. The van der Waals surface area contributed by atoms with Crippen LogP contribution in [0.2, 0.25) is 0 Å². The van der Waals surface area contributed by atoms with E-state index in [0.717, 1.165) is 13.0 Å². The summed E-state index contributed by atoms with van der Waals surface area (Å²) in [6.07, 6.45) is 2.52. The fourth-order valence-corrected chi connectivity index (χ4v) is 1.48. The van der Waals surface area contributed by atoms with Crippen molar-refractivity contribution in [2.45, 2.75) is 19.9 Å². The van der Waals surface area contributed by atoms with Gasteiger partial charge in [0.15, 0.2) is 0 Å². The monoisotopic (exact) mass is 221 g/mol. The van der Waals surface area contributed by atoms with Gasteiger partial charge in [0.05, 0.1) is 12.7 Å². The lowest BCUT2D eigenvalue weighted by Gasteiger charge is -1.98. The van der Waals surface area contributed by atoms with Gasteiger partial charge in [0, 0.05) is 23.3 Å². The van der Waals surface area contributed by atoms with Crippen molar-refractivity contribution in [1.29, 1.82) is 0 Å². The molecule has 0 fully saturated rings. The molecule has 0 spiro atoms. The highest BCUT2D eigenvalue weighted by molar-refractivity contribution is 6.40. The third kappa shape index (κ3) is 2.05. The predicted octanol–water partition coefficient (Wildman–Crippen LogP) is 0.0744. The maximum atomic E-state index is 11.6. The molecule has 86 valence electrons. The molecule has 1 aromatic rings. The molecule has 4 nitrogen and oxygen atoms in total. The second-order valence-electron chi connectivity index (χ2n) is 3.48. The van der Waals surface area contributed by atoms with E-state index in [1.807, 2.05) is 11.5 Å². The number of hydrogen-bond donors (Lipinski definition) is 0. The van der Waals surface area contributed by atoms with Crippen LogP contribution in [0, 0.1) is 0 Å². The van der Waals surface area contributed by atoms with Crippen LogP contribution >= 0.6 is 0 Å². The summed E-state index contributed by atoms with van der Waals surface area (Å²) in [4.78, 5) is 22.7. The Hall–Kier alpha value is -1.84. The van der Waals surface area contributed by atoms with Crippen LogP contribution < -0.4 is 10.6 Å². The molecule has 1 aromatic heterocycles. The van der Waals surface area contributed by atoms with Crippen molar-refractivity contribution in [1.82, 2.24) is 4.57 Å². The molecular formula is C12H15NO3. The molecular weight excluding hydrogens is 206 g/mol. The highest BCUT2D eigenvalue weighted by Crippen LogP contribution is 1.95. The van der Waals surface area contributed by atoms with Crippen LogP contribution in [0.5, 0.6) is 0 Å². The summed E-state index contributed by atoms with van der Waals surface area (Å²) in [7, 11) is 1.18. The standard InChI is InChI=1S/C12H15NO3/c1-5-6-13-7-10(8(2)9(13)3)11(14)12(15)16-4/h7H,2-3,5-6H2,1,4H3. The summed E-state index contributed by atoms with van der Waals surface area (Å²) in [5.74, 6) is -1.55. The summed E-state index contributed by atoms with van der Waals surface area (Å²) >= 11 is 0. The summed E-state index contributed by atoms with van der Waals surface area (Å²) in [5, 5.41) is 1.15. The zero-order valence-electron chi connectivity index (χ0n) is 9.58. The first kappa shape index (κ1) is 12.2. The van der Waals surface area contributed by atoms with Gasteiger partial charge in [-0.05, 0) is 6.42 Å². The van der Waals surface area contributed by atoms with Crippen LogP contribution in [0.1, 0.15) is 23.7 Å². The summed E-state index contributed by atoms with van der Waals surface area (Å²) in [5.41, 5.74) is 0.269. The minimum Gasteiger partial charge on any atom is -0.463 e. The highest BCUT2D eigenvalue weighted by atomic mass is 16.5. The molecule has 0 aliphatic carbocycles. The van der Waals surface area contributed by atoms with Crippen LogP contribution in [-0.4, -0.2) is 23.4 Å². The topological polar surface area (TPSA) is 48.3 Å². The van der Waals surface area contributed by atoms with Crippen LogP contribution in [0.25, 0.3) is 13.2 Å². The molecule has 0 N–H and O–H groups in total.